The van der Waals surface area contributed by atoms with Gasteiger partial charge in [0.15, 0.2) is 5.82 Å². The molecule has 22 heavy (non-hydrogen) atoms. The summed E-state index contributed by atoms with van der Waals surface area (Å²) >= 11 is 0. The average Bonchev–Trinajstić information content (AvgIpc) is 2.99. The Hall–Kier alpha value is -2.43. The maximum absolute atomic E-state index is 13.0. The van der Waals surface area contributed by atoms with Crippen molar-refractivity contribution in [3.05, 3.63) is 47.9 Å². The molecular weight excluding hydrogens is 276 g/mol. The standard InChI is InChI=1S/C17H18N4O/c1-2-12-5-8-18-14(10-12)17(22)21-13-6-9-20(11-13)15-4-3-7-19-16(15)21/h3-5,7-8,10,13H,2,6,9,11H2,1H3. The highest BCUT2D eigenvalue weighted by molar-refractivity contribution is 6.07. The maximum atomic E-state index is 13.0. The molecule has 1 unspecified atom stereocenters. The number of aromatic nitrogens is 2. The Morgan fingerprint density at radius 2 is 2.23 bits per heavy atom. The maximum Gasteiger partial charge on any atom is 0.278 e. The summed E-state index contributed by atoms with van der Waals surface area (Å²) in [5, 5.41) is 0. The Morgan fingerprint density at radius 1 is 1.32 bits per heavy atom. The van der Waals surface area contributed by atoms with Gasteiger partial charge < -0.3 is 4.90 Å². The third kappa shape index (κ3) is 1.96. The van der Waals surface area contributed by atoms with Crippen molar-refractivity contribution in [1.82, 2.24) is 9.97 Å². The highest BCUT2D eigenvalue weighted by atomic mass is 16.2. The number of anilines is 2. The zero-order valence-electron chi connectivity index (χ0n) is 12.6. The Morgan fingerprint density at radius 3 is 3.09 bits per heavy atom. The first-order valence-electron chi connectivity index (χ1n) is 7.76. The van der Waals surface area contributed by atoms with Crippen LogP contribution in [0.15, 0.2) is 36.7 Å². The Labute approximate surface area is 129 Å². The first-order chi connectivity index (χ1) is 10.8. The van der Waals surface area contributed by atoms with E-state index in [-0.39, 0.29) is 11.9 Å². The average molecular weight is 294 g/mol. The van der Waals surface area contributed by atoms with Crippen molar-refractivity contribution in [3.63, 3.8) is 0 Å². The molecule has 2 bridgehead atoms. The highest BCUT2D eigenvalue weighted by Crippen LogP contribution is 2.38. The number of aryl methyl sites for hydroxylation is 1. The SMILES string of the molecule is CCc1ccnc(C(=O)N2c3ncccc3N3CCC2C3)c1. The van der Waals surface area contributed by atoms with Crippen LogP contribution in [0.2, 0.25) is 0 Å². The van der Waals surface area contributed by atoms with Gasteiger partial charge in [0.2, 0.25) is 0 Å². The Balaban J connectivity index is 1.77. The second-order valence-corrected chi connectivity index (χ2v) is 5.81. The van der Waals surface area contributed by atoms with Gasteiger partial charge in [0, 0.05) is 25.5 Å². The van der Waals surface area contributed by atoms with Crippen molar-refractivity contribution in [1.29, 1.82) is 0 Å². The molecule has 5 heteroatoms. The molecule has 0 spiro atoms. The third-order valence-corrected chi connectivity index (χ3v) is 4.53. The minimum atomic E-state index is -0.0400. The van der Waals surface area contributed by atoms with Gasteiger partial charge in [0.25, 0.3) is 5.91 Å². The first kappa shape index (κ1) is 13.2. The molecule has 4 rings (SSSR count). The number of nitrogens with zero attached hydrogens (tertiary/aromatic N) is 4. The number of carbonyl (C=O) groups is 1. The molecule has 1 atom stereocenters. The number of amides is 1. The lowest BCUT2D eigenvalue weighted by molar-refractivity contribution is 0.0972. The largest absolute Gasteiger partial charge is 0.366 e. The summed E-state index contributed by atoms with van der Waals surface area (Å²) in [6.45, 7) is 3.95. The molecule has 2 aromatic rings. The molecule has 2 aliphatic heterocycles. The zero-order valence-corrected chi connectivity index (χ0v) is 12.6. The van der Waals surface area contributed by atoms with Crippen LogP contribution in [0.3, 0.4) is 0 Å². The number of hydrogen-bond donors (Lipinski definition) is 0. The quantitative estimate of drug-likeness (QED) is 0.852. The third-order valence-electron chi connectivity index (χ3n) is 4.53. The predicted octanol–water partition coefficient (Wildman–Crippen LogP) is 2.28. The van der Waals surface area contributed by atoms with E-state index in [0.29, 0.717) is 5.69 Å². The molecule has 5 nitrogen and oxygen atoms in total. The second kappa shape index (κ2) is 5.09. The summed E-state index contributed by atoms with van der Waals surface area (Å²) in [5.41, 5.74) is 2.69. The van der Waals surface area contributed by atoms with E-state index in [9.17, 15) is 4.79 Å². The fraction of sp³-hybridized carbons (Fsp3) is 0.353. The van der Waals surface area contributed by atoms with E-state index in [4.69, 9.17) is 0 Å². The lowest BCUT2D eigenvalue weighted by Gasteiger charge is -2.35. The van der Waals surface area contributed by atoms with Gasteiger partial charge in [-0.15, -0.1) is 0 Å². The lowest BCUT2D eigenvalue weighted by Crippen LogP contribution is -2.46. The van der Waals surface area contributed by atoms with E-state index >= 15 is 0 Å². The van der Waals surface area contributed by atoms with Gasteiger partial charge in [-0.2, -0.15) is 0 Å². The van der Waals surface area contributed by atoms with Crippen molar-refractivity contribution < 1.29 is 4.79 Å². The van der Waals surface area contributed by atoms with Gasteiger partial charge >= 0.3 is 0 Å². The number of hydrogen-bond acceptors (Lipinski definition) is 4. The zero-order chi connectivity index (χ0) is 15.1. The molecule has 1 saturated heterocycles. The normalized spacial score (nSPS) is 19.2. The molecule has 1 amide bonds. The summed E-state index contributed by atoms with van der Waals surface area (Å²) in [6.07, 6.45) is 5.35. The molecule has 4 heterocycles. The lowest BCUT2D eigenvalue weighted by atomic mass is 10.1. The van der Waals surface area contributed by atoms with Crippen LogP contribution in [0.25, 0.3) is 0 Å². The predicted molar refractivity (Wildman–Crippen MR) is 85.3 cm³/mol. The van der Waals surface area contributed by atoms with E-state index in [1.807, 2.05) is 29.2 Å². The Kier molecular flexibility index (Phi) is 3.06. The van der Waals surface area contributed by atoms with Gasteiger partial charge in [0.1, 0.15) is 5.69 Å². The fourth-order valence-corrected chi connectivity index (χ4v) is 3.36. The number of rotatable bonds is 2. The van der Waals surface area contributed by atoms with Crippen molar-refractivity contribution in [2.75, 3.05) is 22.9 Å². The molecule has 2 aliphatic rings. The van der Waals surface area contributed by atoms with Crippen LogP contribution in [0.1, 0.15) is 29.4 Å². The smallest absolute Gasteiger partial charge is 0.278 e. The van der Waals surface area contributed by atoms with Crippen LogP contribution in [0, 0.1) is 0 Å². The van der Waals surface area contributed by atoms with Gasteiger partial charge in [-0.3, -0.25) is 14.7 Å². The van der Waals surface area contributed by atoms with E-state index in [1.54, 1.807) is 12.4 Å². The molecular formula is C17H18N4O. The van der Waals surface area contributed by atoms with E-state index in [1.165, 1.54) is 0 Å². The summed E-state index contributed by atoms with van der Waals surface area (Å²) in [5.74, 6) is 0.728. The molecule has 0 aromatic carbocycles. The topological polar surface area (TPSA) is 49.3 Å². The molecule has 1 fully saturated rings. The van der Waals surface area contributed by atoms with Crippen LogP contribution in [-0.2, 0) is 6.42 Å². The minimum Gasteiger partial charge on any atom is -0.366 e. The monoisotopic (exact) mass is 294 g/mol. The Bertz CT molecular complexity index is 730. The van der Waals surface area contributed by atoms with Crippen LogP contribution >= 0.6 is 0 Å². The van der Waals surface area contributed by atoms with Crippen LogP contribution in [0.5, 0.6) is 0 Å². The summed E-state index contributed by atoms with van der Waals surface area (Å²) < 4.78 is 0. The summed E-state index contributed by atoms with van der Waals surface area (Å²) in [6, 6.07) is 8.01. The highest BCUT2D eigenvalue weighted by Gasteiger charge is 2.40. The number of carbonyl (C=O) groups excluding carboxylic acids is 1. The fourth-order valence-electron chi connectivity index (χ4n) is 3.36. The summed E-state index contributed by atoms with van der Waals surface area (Å²) in [7, 11) is 0. The second-order valence-electron chi connectivity index (χ2n) is 5.81. The molecule has 0 saturated carbocycles. The van der Waals surface area contributed by atoms with Crippen molar-refractivity contribution in [2.24, 2.45) is 0 Å². The van der Waals surface area contributed by atoms with E-state index in [2.05, 4.69) is 21.8 Å². The van der Waals surface area contributed by atoms with Gasteiger partial charge in [-0.05, 0) is 42.7 Å². The molecule has 2 aromatic heterocycles. The van der Waals surface area contributed by atoms with Gasteiger partial charge in [-0.1, -0.05) is 6.92 Å². The van der Waals surface area contributed by atoms with Crippen molar-refractivity contribution in [3.8, 4) is 0 Å². The van der Waals surface area contributed by atoms with E-state index in [0.717, 1.165) is 43.0 Å². The van der Waals surface area contributed by atoms with Crippen molar-refractivity contribution in [2.45, 2.75) is 25.8 Å². The molecule has 0 N–H and O–H groups in total. The molecule has 0 aliphatic carbocycles. The minimum absolute atomic E-state index is 0.0400. The number of pyridine rings is 2. The first-order valence-corrected chi connectivity index (χ1v) is 7.76. The van der Waals surface area contributed by atoms with Crippen LogP contribution in [-0.4, -0.2) is 35.0 Å². The van der Waals surface area contributed by atoms with Crippen molar-refractivity contribution >= 4 is 17.4 Å². The van der Waals surface area contributed by atoms with Gasteiger partial charge in [-0.25, -0.2) is 4.98 Å². The van der Waals surface area contributed by atoms with Crippen LogP contribution in [0.4, 0.5) is 11.5 Å². The van der Waals surface area contributed by atoms with Crippen LogP contribution < -0.4 is 9.80 Å². The van der Waals surface area contributed by atoms with E-state index < -0.39 is 0 Å². The molecule has 0 radical (unpaired) electrons. The van der Waals surface area contributed by atoms with Gasteiger partial charge in [0.05, 0.1) is 11.7 Å². The molecule has 112 valence electrons. The number of fused-ring (bicyclic) bond motifs is 4. The summed E-state index contributed by atoms with van der Waals surface area (Å²) in [4.78, 5) is 25.9.